The standard InChI is InChI=1S/C20H37/c1-3-5-7-9-11-13-15-17-19-20-18-16-14-12-10-8-6-4-2/h11,13,16,18H,1,3-10,12,14-15,17,19-20H2,2H3/b13-11-,18-16-. The van der Waals surface area contributed by atoms with Crippen molar-refractivity contribution < 1.29 is 0 Å². The first kappa shape index (κ1) is 19.5. The van der Waals surface area contributed by atoms with E-state index in [0.717, 1.165) is 6.42 Å². The van der Waals surface area contributed by atoms with E-state index in [4.69, 9.17) is 0 Å². The molecule has 20 heavy (non-hydrogen) atoms. The Labute approximate surface area is 128 Å². The van der Waals surface area contributed by atoms with Crippen molar-refractivity contribution in [2.45, 2.75) is 96.8 Å². The van der Waals surface area contributed by atoms with Gasteiger partial charge in [0, 0.05) is 0 Å². The van der Waals surface area contributed by atoms with Gasteiger partial charge in [-0.3, -0.25) is 0 Å². The van der Waals surface area contributed by atoms with Crippen molar-refractivity contribution in [3.8, 4) is 0 Å². The van der Waals surface area contributed by atoms with E-state index >= 15 is 0 Å². The summed E-state index contributed by atoms with van der Waals surface area (Å²) in [5.41, 5.74) is 0. The molecule has 0 heterocycles. The molecule has 0 aromatic heterocycles. The quantitative estimate of drug-likeness (QED) is 0.216. The van der Waals surface area contributed by atoms with E-state index in [0.29, 0.717) is 0 Å². The maximum Gasteiger partial charge on any atom is -0.0351 e. The van der Waals surface area contributed by atoms with Gasteiger partial charge in [-0.1, -0.05) is 76.7 Å². The monoisotopic (exact) mass is 277 g/mol. The lowest BCUT2D eigenvalue weighted by molar-refractivity contribution is 0.636. The normalized spacial score (nSPS) is 11.9. The molecule has 117 valence electrons. The van der Waals surface area contributed by atoms with E-state index in [1.54, 1.807) is 0 Å². The third-order valence-electron chi connectivity index (χ3n) is 3.67. The number of unbranched alkanes of at least 4 members (excludes halogenated alkanes) is 11. The van der Waals surface area contributed by atoms with Crippen molar-refractivity contribution in [3.63, 3.8) is 0 Å². The molecule has 0 nitrogen and oxygen atoms in total. The van der Waals surface area contributed by atoms with Crippen LogP contribution >= 0.6 is 0 Å². The Kier molecular flexibility index (Phi) is 18.0. The van der Waals surface area contributed by atoms with Crippen molar-refractivity contribution in [3.05, 3.63) is 31.2 Å². The molecule has 0 aromatic rings. The first-order valence-electron chi connectivity index (χ1n) is 9.01. The molecule has 0 spiro atoms. The lowest BCUT2D eigenvalue weighted by atomic mass is 10.1. The van der Waals surface area contributed by atoms with Crippen molar-refractivity contribution >= 4 is 0 Å². The Bertz CT molecular complexity index is 212. The minimum atomic E-state index is 1.08. The maximum atomic E-state index is 3.86. The van der Waals surface area contributed by atoms with E-state index in [2.05, 4.69) is 38.2 Å². The summed E-state index contributed by atoms with van der Waals surface area (Å²) < 4.78 is 0. The predicted molar refractivity (Wildman–Crippen MR) is 93.9 cm³/mol. The topological polar surface area (TPSA) is 0 Å². The van der Waals surface area contributed by atoms with Gasteiger partial charge in [-0.05, 0) is 51.4 Å². The Morgan fingerprint density at radius 2 is 0.950 bits per heavy atom. The van der Waals surface area contributed by atoms with Gasteiger partial charge in [0.25, 0.3) is 0 Å². The lowest BCUT2D eigenvalue weighted by Crippen LogP contribution is -1.77. The summed E-state index contributed by atoms with van der Waals surface area (Å²) in [6.45, 7) is 6.14. The highest BCUT2D eigenvalue weighted by Gasteiger charge is 1.87. The second kappa shape index (κ2) is 18.5. The van der Waals surface area contributed by atoms with E-state index in [1.807, 2.05) is 0 Å². The molecule has 0 aliphatic heterocycles. The SMILES string of the molecule is [CH2]CCCC/C=C\CCCC/C=C\CCCCCCC. The zero-order valence-corrected chi connectivity index (χ0v) is 13.9. The van der Waals surface area contributed by atoms with Gasteiger partial charge in [-0.25, -0.2) is 0 Å². The summed E-state index contributed by atoms with van der Waals surface area (Å²) in [5, 5.41) is 0. The summed E-state index contributed by atoms with van der Waals surface area (Å²) >= 11 is 0. The molecule has 0 rings (SSSR count). The number of hydrogen-bond acceptors (Lipinski definition) is 0. The Balaban J connectivity index is 3.11. The summed E-state index contributed by atoms with van der Waals surface area (Å²) in [6.07, 6.45) is 27.9. The third-order valence-corrected chi connectivity index (χ3v) is 3.67. The molecule has 0 N–H and O–H groups in total. The van der Waals surface area contributed by atoms with Gasteiger partial charge < -0.3 is 0 Å². The zero-order valence-electron chi connectivity index (χ0n) is 13.9. The second-order valence-corrected chi connectivity index (χ2v) is 5.78. The van der Waals surface area contributed by atoms with Crippen molar-refractivity contribution in [2.75, 3.05) is 0 Å². The van der Waals surface area contributed by atoms with Gasteiger partial charge in [-0.2, -0.15) is 0 Å². The van der Waals surface area contributed by atoms with Crippen LogP contribution in [0.15, 0.2) is 24.3 Å². The van der Waals surface area contributed by atoms with Crippen LogP contribution in [0.4, 0.5) is 0 Å². The van der Waals surface area contributed by atoms with Crippen LogP contribution in [0.1, 0.15) is 96.8 Å². The molecule has 0 unspecified atom stereocenters. The van der Waals surface area contributed by atoms with Crippen LogP contribution in [-0.4, -0.2) is 0 Å². The van der Waals surface area contributed by atoms with Gasteiger partial charge in [0.05, 0.1) is 0 Å². The Morgan fingerprint density at radius 1 is 0.550 bits per heavy atom. The van der Waals surface area contributed by atoms with Gasteiger partial charge in [0.1, 0.15) is 0 Å². The molecule has 0 aliphatic rings. The molecule has 0 atom stereocenters. The molecule has 1 radical (unpaired) electrons. The zero-order chi connectivity index (χ0) is 14.7. The largest absolute Gasteiger partial charge is 0.0885 e. The van der Waals surface area contributed by atoms with Crippen LogP contribution in [0.2, 0.25) is 0 Å². The molecular weight excluding hydrogens is 240 g/mol. The molecule has 0 saturated heterocycles. The first-order valence-corrected chi connectivity index (χ1v) is 9.01. The smallest absolute Gasteiger partial charge is 0.0351 e. The fraction of sp³-hybridized carbons (Fsp3) is 0.750. The highest BCUT2D eigenvalue weighted by molar-refractivity contribution is 4.84. The number of hydrogen-bond donors (Lipinski definition) is 0. The van der Waals surface area contributed by atoms with Crippen LogP contribution in [0.5, 0.6) is 0 Å². The van der Waals surface area contributed by atoms with Crippen LogP contribution in [0.3, 0.4) is 0 Å². The van der Waals surface area contributed by atoms with Crippen LogP contribution in [-0.2, 0) is 0 Å². The van der Waals surface area contributed by atoms with E-state index in [-0.39, 0.29) is 0 Å². The summed E-state index contributed by atoms with van der Waals surface area (Å²) in [7, 11) is 0. The number of allylic oxidation sites excluding steroid dienone is 4. The first-order chi connectivity index (χ1) is 9.91. The van der Waals surface area contributed by atoms with E-state index in [9.17, 15) is 0 Å². The number of rotatable bonds is 15. The van der Waals surface area contributed by atoms with Crippen LogP contribution < -0.4 is 0 Å². The van der Waals surface area contributed by atoms with Crippen molar-refractivity contribution in [1.82, 2.24) is 0 Å². The summed E-state index contributed by atoms with van der Waals surface area (Å²) in [6, 6.07) is 0. The lowest BCUT2D eigenvalue weighted by Gasteiger charge is -1.96. The second-order valence-electron chi connectivity index (χ2n) is 5.78. The summed E-state index contributed by atoms with van der Waals surface area (Å²) in [5.74, 6) is 0. The minimum Gasteiger partial charge on any atom is -0.0885 e. The third kappa shape index (κ3) is 17.5. The van der Waals surface area contributed by atoms with Crippen LogP contribution in [0, 0.1) is 6.92 Å². The van der Waals surface area contributed by atoms with E-state index in [1.165, 1.54) is 83.5 Å². The van der Waals surface area contributed by atoms with Gasteiger partial charge in [-0.15, -0.1) is 0 Å². The maximum absolute atomic E-state index is 3.86. The minimum absolute atomic E-state index is 1.08. The molecule has 0 aliphatic carbocycles. The van der Waals surface area contributed by atoms with E-state index < -0.39 is 0 Å². The highest BCUT2D eigenvalue weighted by atomic mass is 13.9. The molecule has 0 saturated carbocycles. The highest BCUT2D eigenvalue weighted by Crippen LogP contribution is 2.07. The molecule has 0 bridgehead atoms. The molecule has 0 heteroatoms. The van der Waals surface area contributed by atoms with Gasteiger partial charge in [0.2, 0.25) is 0 Å². The fourth-order valence-electron chi connectivity index (χ4n) is 2.30. The average molecular weight is 278 g/mol. The molecular formula is C20H37. The van der Waals surface area contributed by atoms with Gasteiger partial charge >= 0.3 is 0 Å². The Morgan fingerprint density at radius 3 is 1.40 bits per heavy atom. The molecule has 0 aromatic carbocycles. The predicted octanol–water partition coefficient (Wildman–Crippen LogP) is 7.41. The Hall–Kier alpha value is -0.520. The molecule has 0 amide bonds. The molecule has 0 fully saturated rings. The van der Waals surface area contributed by atoms with Crippen molar-refractivity contribution in [2.24, 2.45) is 0 Å². The average Bonchev–Trinajstić information content (AvgIpc) is 2.47. The van der Waals surface area contributed by atoms with Crippen LogP contribution in [0.25, 0.3) is 0 Å². The van der Waals surface area contributed by atoms with Gasteiger partial charge in [0.15, 0.2) is 0 Å². The fourth-order valence-corrected chi connectivity index (χ4v) is 2.30. The summed E-state index contributed by atoms with van der Waals surface area (Å²) in [4.78, 5) is 0. The van der Waals surface area contributed by atoms with Crippen molar-refractivity contribution in [1.29, 1.82) is 0 Å².